The largest absolute Gasteiger partial charge is 0.388 e. The number of hydrogen-bond acceptors (Lipinski definition) is 1. The average molecular weight is 273 g/mol. The van der Waals surface area contributed by atoms with Gasteiger partial charge in [-0.1, -0.05) is 12.1 Å². The lowest BCUT2D eigenvalue weighted by Crippen LogP contribution is -2.13. The second kappa shape index (κ2) is 5.41. The van der Waals surface area contributed by atoms with Crippen LogP contribution in [0.4, 0.5) is 4.39 Å². The van der Waals surface area contributed by atoms with E-state index in [9.17, 15) is 9.50 Å². The van der Waals surface area contributed by atoms with Crippen LogP contribution in [0.3, 0.4) is 0 Å². The Balaban J connectivity index is 1.81. The van der Waals surface area contributed by atoms with Crippen molar-refractivity contribution in [3.05, 3.63) is 58.7 Å². The molecule has 3 rings (SSSR count). The molecule has 1 unspecified atom stereocenters. The van der Waals surface area contributed by atoms with Gasteiger partial charge in [-0.05, 0) is 56.4 Å². The molecule has 0 amide bonds. The summed E-state index contributed by atoms with van der Waals surface area (Å²) in [5.41, 5.74) is 4.56. The maximum absolute atomic E-state index is 13.2. The van der Waals surface area contributed by atoms with Gasteiger partial charge in [0.05, 0.1) is 6.10 Å². The van der Waals surface area contributed by atoms with Crippen molar-refractivity contribution in [3.63, 3.8) is 0 Å². The van der Waals surface area contributed by atoms with Crippen LogP contribution in [0.25, 0.3) is 0 Å². The van der Waals surface area contributed by atoms with Gasteiger partial charge in [0.1, 0.15) is 5.82 Å². The van der Waals surface area contributed by atoms with Crippen molar-refractivity contribution >= 4 is 0 Å². The monoisotopic (exact) mass is 273 g/mol. The van der Waals surface area contributed by atoms with Crippen LogP contribution in [0, 0.1) is 12.7 Å². The van der Waals surface area contributed by atoms with Crippen molar-refractivity contribution in [3.8, 4) is 0 Å². The van der Waals surface area contributed by atoms with Crippen molar-refractivity contribution in [2.24, 2.45) is 0 Å². The Morgan fingerprint density at radius 2 is 2.20 bits per heavy atom. The second-order valence-electron chi connectivity index (χ2n) is 5.63. The Morgan fingerprint density at radius 3 is 3.00 bits per heavy atom. The third-order valence-corrected chi connectivity index (χ3v) is 4.21. The number of halogens is 1. The number of aliphatic hydroxyl groups is 1. The fraction of sp³-hybridized carbons (Fsp3) is 0.412. The number of benzene rings is 1. The molecule has 2 nitrogen and oxygen atoms in total. The lowest BCUT2D eigenvalue weighted by molar-refractivity contribution is 0.155. The van der Waals surface area contributed by atoms with Gasteiger partial charge in [-0.15, -0.1) is 0 Å². The summed E-state index contributed by atoms with van der Waals surface area (Å²) in [6.45, 7) is 2.92. The summed E-state index contributed by atoms with van der Waals surface area (Å²) in [5, 5.41) is 10.1. The zero-order valence-electron chi connectivity index (χ0n) is 11.8. The van der Waals surface area contributed by atoms with Gasteiger partial charge in [0.2, 0.25) is 0 Å². The van der Waals surface area contributed by atoms with Crippen LogP contribution < -0.4 is 0 Å². The second-order valence-corrected chi connectivity index (χ2v) is 5.63. The fourth-order valence-electron chi connectivity index (χ4n) is 3.19. The number of fused-ring (bicyclic) bond motifs is 1. The molecule has 0 saturated carbocycles. The first-order valence-corrected chi connectivity index (χ1v) is 7.26. The van der Waals surface area contributed by atoms with Crippen LogP contribution in [0.5, 0.6) is 0 Å². The molecule has 1 N–H and O–H groups in total. The van der Waals surface area contributed by atoms with Gasteiger partial charge in [-0.2, -0.15) is 0 Å². The smallest absolute Gasteiger partial charge is 0.123 e. The maximum atomic E-state index is 13.2. The van der Waals surface area contributed by atoms with E-state index in [1.54, 1.807) is 12.1 Å². The standard InChI is InChI=1S/C17H20FNO/c1-12-10-15-16(6-3-7-17(15)20)19(12)9-8-13-4-2-5-14(18)11-13/h2,4-5,10-11,17,20H,3,6-9H2,1H3. The number of aryl methyl sites for hydroxylation is 2. The highest BCUT2D eigenvalue weighted by molar-refractivity contribution is 5.32. The van der Waals surface area contributed by atoms with E-state index in [-0.39, 0.29) is 11.9 Å². The van der Waals surface area contributed by atoms with E-state index in [4.69, 9.17) is 0 Å². The summed E-state index contributed by atoms with van der Waals surface area (Å²) in [5.74, 6) is -0.177. The predicted octanol–water partition coefficient (Wildman–Crippen LogP) is 3.55. The average Bonchev–Trinajstić information content (AvgIpc) is 2.74. The first-order valence-electron chi connectivity index (χ1n) is 7.26. The topological polar surface area (TPSA) is 25.2 Å². The van der Waals surface area contributed by atoms with Crippen LogP contribution in [-0.4, -0.2) is 9.67 Å². The minimum Gasteiger partial charge on any atom is -0.388 e. The highest BCUT2D eigenvalue weighted by atomic mass is 19.1. The van der Waals surface area contributed by atoms with Gasteiger partial charge in [0.25, 0.3) is 0 Å². The molecule has 0 fully saturated rings. The molecule has 1 aromatic carbocycles. The molecule has 106 valence electrons. The van der Waals surface area contributed by atoms with Crippen molar-refractivity contribution in [1.29, 1.82) is 0 Å². The van der Waals surface area contributed by atoms with E-state index in [1.807, 2.05) is 6.07 Å². The molecule has 3 heteroatoms. The molecular formula is C17H20FNO. The minimum atomic E-state index is -0.312. The van der Waals surface area contributed by atoms with Crippen LogP contribution in [-0.2, 0) is 19.4 Å². The highest BCUT2D eigenvalue weighted by Crippen LogP contribution is 2.32. The van der Waals surface area contributed by atoms with Crippen molar-refractivity contribution in [1.82, 2.24) is 4.57 Å². The Kier molecular flexibility index (Phi) is 3.62. The van der Waals surface area contributed by atoms with Gasteiger partial charge in [-0.3, -0.25) is 0 Å². The minimum absolute atomic E-state index is 0.177. The normalized spacial score (nSPS) is 18.1. The summed E-state index contributed by atoms with van der Waals surface area (Å²) >= 11 is 0. The summed E-state index contributed by atoms with van der Waals surface area (Å²) in [7, 11) is 0. The lowest BCUT2D eigenvalue weighted by Gasteiger charge is -2.20. The van der Waals surface area contributed by atoms with Crippen LogP contribution in [0.1, 0.15) is 41.5 Å². The quantitative estimate of drug-likeness (QED) is 0.909. The van der Waals surface area contributed by atoms with Gasteiger partial charge < -0.3 is 9.67 Å². The van der Waals surface area contributed by atoms with Crippen LogP contribution >= 0.6 is 0 Å². The SMILES string of the molecule is Cc1cc2c(n1CCc1cccc(F)c1)CCCC2O. The Bertz CT molecular complexity index is 617. The molecule has 2 aromatic rings. The Hall–Kier alpha value is -1.61. The fourth-order valence-corrected chi connectivity index (χ4v) is 3.19. The molecule has 0 saturated heterocycles. The molecular weight excluding hydrogens is 253 g/mol. The molecule has 0 bridgehead atoms. The van der Waals surface area contributed by atoms with E-state index in [0.29, 0.717) is 0 Å². The van der Waals surface area contributed by atoms with Crippen molar-refractivity contribution in [2.75, 3.05) is 0 Å². The van der Waals surface area contributed by atoms with Crippen LogP contribution in [0.15, 0.2) is 30.3 Å². The molecule has 1 aliphatic rings. The van der Waals surface area contributed by atoms with Crippen LogP contribution in [0.2, 0.25) is 0 Å². The first kappa shape index (κ1) is 13.4. The Morgan fingerprint density at radius 1 is 1.35 bits per heavy atom. The molecule has 1 aliphatic carbocycles. The predicted molar refractivity (Wildman–Crippen MR) is 77.2 cm³/mol. The molecule has 0 spiro atoms. The highest BCUT2D eigenvalue weighted by Gasteiger charge is 2.22. The Labute approximate surface area is 118 Å². The first-order chi connectivity index (χ1) is 9.65. The number of aliphatic hydroxyl groups excluding tert-OH is 1. The summed E-state index contributed by atoms with van der Waals surface area (Å²) < 4.78 is 15.5. The molecule has 0 radical (unpaired) electrons. The van der Waals surface area contributed by atoms with Gasteiger partial charge >= 0.3 is 0 Å². The lowest BCUT2D eigenvalue weighted by atomic mass is 9.95. The summed E-state index contributed by atoms with van der Waals surface area (Å²) in [6, 6.07) is 8.89. The van der Waals surface area contributed by atoms with E-state index in [2.05, 4.69) is 17.6 Å². The van der Waals surface area contributed by atoms with Crippen molar-refractivity contribution in [2.45, 2.75) is 45.3 Å². The van der Waals surface area contributed by atoms with Gasteiger partial charge in [0, 0.05) is 23.5 Å². The van der Waals surface area contributed by atoms with Crippen molar-refractivity contribution < 1.29 is 9.50 Å². The molecule has 0 aliphatic heterocycles. The molecule has 1 aromatic heterocycles. The number of aromatic nitrogens is 1. The molecule has 1 heterocycles. The maximum Gasteiger partial charge on any atom is 0.123 e. The zero-order chi connectivity index (χ0) is 14.1. The van der Waals surface area contributed by atoms with Gasteiger partial charge in [0.15, 0.2) is 0 Å². The number of rotatable bonds is 3. The summed E-state index contributed by atoms with van der Waals surface area (Å²) in [6.07, 6.45) is 3.43. The van der Waals surface area contributed by atoms with E-state index in [1.165, 1.54) is 17.5 Å². The third-order valence-electron chi connectivity index (χ3n) is 4.21. The molecule has 1 atom stereocenters. The molecule has 20 heavy (non-hydrogen) atoms. The zero-order valence-corrected chi connectivity index (χ0v) is 11.8. The third kappa shape index (κ3) is 2.50. The summed E-state index contributed by atoms with van der Waals surface area (Å²) in [4.78, 5) is 0. The van der Waals surface area contributed by atoms with Gasteiger partial charge in [-0.25, -0.2) is 4.39 Å². The van der Waals surface area contributed by atoms with E-state index >= 15 is 0 Å². The number of hydrogen-bond donors (Lipinski definition) is 1. The number of nitrogens with zero attached hydrogens (tertiary/aromatic N) is 1. The van der Waals surface area contributed by atoms with E-state index in [0.717, 1.165) is 43.4 Å². The van der Waals surface area contributed by atoms with E-state index < -0.39 is 0 Å².